The fourth-order valence-corrected chi connectivity index (χ4v) is 1.31. The number of nitrogens with one attached hydrogen (secondary N) is 1. The van der Waals surface area contributed by atoms with Crippen molar-refractivity contribution < 1.29 is 24.2 Å². The molecule has 0 aromatic carbocycles. The van der Waals surface area contributed by atoms with Crippen LogP contribution >= 0.6 is 0 Å². The van der Waals surface area contributed by atoms with Gasteiger partial charge >= 0.3 is 12.1 Å². The monoisotopic (exact) mass is 287 g/mol. The Balaban J connectivity index is 4.73. The summed E-state index contributed by atoms with van der Waals surface area (Å²) >= 11 is 0. The Morgan fingerprint density at radius 3 is 2.00 bits per heavy atom. The summed E-state index contributed by atoms with van der Waals surface area (Å²) in [6, 6.07) is -1.27. The van der Waals surface area contributed by atoms with Gasteiger partial charge in [0.15, 0.2) is 0 Å². The lowest BCUT2D eigenvalue weighted by molar-refractivity contribution is -0.142. The van der Waals surface area contributed by atoms with Gasteiger partial charge in [-0.3, -0.25) is 4.79 Å². The molecule has 0 aromatic heterocycles. The van der Waals surface area contributed by atoms with E-state index in [0.717, 1.165) is 0 Å². The van der Waals surface area contributed by atoms with Crippen molar-refractivity contribution in [3.8, 4) is 0 Å². The molecule has 0 aliphatic carbocycles. The van der Waals surface area contributed by atoms with Crippen molar-refractivity contribution >= 4 is 17.8 Å². The Hall–Kier alpha value is -1.59. The van der Waals surface area contributed by atoms with E-state index in [1.807, 2.05) is 6.92 Å². The predicted octanol–water partition coefficient (Wildman–Crippen LogP) is 2.36. The van der Waals surface area contributed by atoms with Crippen LogP contribution in [-0.2, 0) is 14.3 Å². The van der Waals surface area contributed by atoms with E-state index in [0.29, 0.717) is 6.42 Å². The predicted molar refractivity (Wildman–Crippen MR) is 74.5 cm³/mol. The van der Waals surface area contributed by atoms with E-state index in [1.54, 1.807) is 34.6 Å². The lowest BCUT2D eigenvalue weighted by atomic mass is 9.82. The van der Waals surface area contributed by atoms with Crippen LogP contribution in [0.25, 0.3) is 0 Å². The summed E-state index contributed by atoms with van der Waals surface area (Å²) in [5.41, 5.74) is -1.33. The maximum absolute atomic E-state index is 12.0. The first-order valence-corrected chi connectivity index (χ1v) is 6.64. The minimum Gasteiger partial charge on any atom is -0.480 e. The summed E-state index contributed by atoms with van der Waals surface area (Å²) in [6.07, 6.45) is -0.493. The molecule has 0 rings (SSSR count). The highest BCUT2D eigenvalue weighted by molar-refractivity contribution is 5.90. The summed E-state index contributed by atoms with van der Waals surface area (Å²) in [5.74, 6) is -1.46. The first-order chi connectivity index (χ1) is 8.89. The quantitative estimate of drug-likeness (QED) is 0.782. The maximum atomic E-state index is 12.0. The van der Waals surface area contributed by atoms with Crippen molar-refractivity contribution in [2.24, 2.45) is 5.41 Å². The number of hydrogen-bond acceptors (Lipinski definition) is 4. The van der Waals surface area contributed by atoms with Crippen LogP contribution in [0.1, 0.15) is 54.4 Å². The summed E-state index contributed by atoms with van der Waals surface area (Å²) in [7, 11) is 0. The molecule has 0 saturated heterocycles. The molecule has 0 bridgehead atoms. The Morgan fingerprint density at radius 2 is 1.65 bits per heavy atom. The van der Waals surface area contributed by atoms with Gasteiger partial charge in [-0.25, -0.2) is 9.59 Å². The zero-order valence-corrected chi connectivity index (χ0v) is 13.1. The largest absolute Gasteiger partial charge is 0.480 e. The highest BCUT2D eigenvalue weighted by Gasteiger charge is 2.32. The molecule has 2 N–H and O–H groups in total. The average molecular weight is 287 g/mol. The minimum absolute atomic E-state index is 0.205. The highest BCUT2D eigenvalue weighted by Crippen LogP contribution is 2.23. The number of carboxylic acid groups (broad SMARTS) is 1. The number of amides is 1. The van der Waals surface area contributed by atoms with Crippen molar-refractivity contribution in [1.29, 1.82) is 0 Å². The highest BCUT2D eigenvalue weighted by atomic mass is 16.6. The number of ketones is 1. The zero-order chi connectivity index (χ0) is 16.1. The van der Waals surface area contributed by atoms with Gasteiger partial charge in [-0.15, -0.1) is 0 Å². The van der Waals surface area contributed by atoms with Gasteiger partial charge in [0.05, 0.1) is 0 Å². The number of aliphatic carboxylic acids is 1. The van der Waals surface area contributed by atoms with E-state index in [4.69, 9.17) is 9.84 Å². The SMILES string of the molecule is CCC(C)(C)C(=O)CC(NC(=O)OC(C)(C)C)C(=O)O. The number of carboxylic acids is 1. The Morgan fingerprint density at radius 1 is 1.15 bits per heavy atom. The number of carbonyl (C=O) groups is 3. The Bertz CT molecular complexity index is 382. The molecule has 0 heterocycles. The molecule has 0 saturated carbocycles. The number of rotatable bonds is 6. The zero-order valence-electron chi connectivity index (χ0n) is 13.1. The van der Waals surface area contributed by atoms with Crippen molar-refractivity contribution in [3.63, 3.8) is 0 Å². The summed E-state index contributed by atoms with van der Waals surface area (Å²) < 4.78 is 4.99. The number of ether oxygens (including phenoxy) is 1. The van der Waals surface area contributed by atoms with Crippen LogP contribution in [-0.4, -0.2) is 34.6 Å². The summed E-state index contributed by atoms with van der Waals surface area (Å²) in [5, 5.41) is 11.3. The van der Waals surface area contributed by atoms with Gasteiger partial charge in [-0.2, -0.15) is 0 Å². The molecule has 0 radical (unpaired) electrons. The van der Waals surface area contributed by atoms with Gasteiger partial charge in [0.1, 0.15) is 17.4 Å². The third kappa shape index (κ3) is 6.54. The van der Waals surface area contributed by atoms with Crippen LogP contribution in [0.4, 0.5) is 4.79 Å². The second-order valence-corrected chi connectivity index (χ2v) is 6.40. The fraction of sp³-hybridized carbons (Fsp3) is 0.786. The third-order valence-corrected chi connectivity index (χ3v) is 3.02. The van der Waals surface area contributed by atoms with E-state index in [9.17, 15) is 14.4 Å². The van der Waals surface area contributed by atoms with Crippen LogP contribution in [0.3, 0.4) is 0 Å². The molecular weight excluding hydrogens is 262 g/mol. The van der Waals surface area contributed by atoms with Gasteiger partial charge in [0, 0.05) is 11.8 Å². The number of hydrogen-bond donors (Lipinski definition) is 2. The van der Waals surface area contributed by atoms with Crippen LogP contribution in [0, 0.1) is 5.41 Å². The maximum Gasteiger partial charge on any atom is 0.408 e. The van der Waals surface area contributed by atoms with Gasteiger partial charge in [0.2, 0.25) is 0 Å². The van der Waals surface area contributed by atoms with Crippen LogP contribution in [0.2, 0.25) is 0 Å². The lowest BCUT2D eigenvalue weighted by Gasteiger charge is -2.25. The molecule has 1 amide bonds. The van der Waals surface area contributed by atoms with Crippen LogP contribution < -0.4 is 5.32 Å². The van der Waals surface area contributed by atoms with Crippen molar-refractivity contribution in [2.45, 2.75) is 66.0 Å². The van der Waals surface area contributed by atoms with E-state index in [-0.39, 0.29) is 12.2 Å². The summed E-state index contributed by atoms with van der Waals surface area (Å²) in [4.78, 5) is 34.7. The molecule has 0 spiro atoms. The molecule has 0 aliphatic rings. The number of alkyl carbamates (subject to hydrolysis) is 1. The summed E-state index contributed by atoms with van der Waals surface area (Å²) in [6.45, 7) is 10.4. The van der Waals surface area contributed by atoms with E-state index in [1.165, 1.54) is 0 Å². The molecule has 116 valence electrons. The van der Waals surface area contributed by atoms with Gasteiger partial charge < -0.3 is 15.2 Å². The molecule has 0 aromatic rings. The Kier molecular flexibility index (Phi) is 6.19. The lowest BCUT2D eigenvalue weighted by Crippen LogP contribution is -2.45. The van der Waals surface area contributed by atoms with Gasteiger partial charge in [-0.1, -0.05) is 20.8 Å². The fourth-order valence-electron chi connectivity index (χ4n) is 1.31. The average Bonchev–Trinajstić information content (AvgIpc) is 2.25. The molecular formula is C14H25NO5. The topological polar surface area (TPSA) is 92.7 Å². The molecule has 0 fully saturated rings. The molecule has 20 heavy (non-hydrogen) atoms. The van der Waals surface area contributed by atoms with Crippen molar-refractivity contribution in [1.82, 2.24) is 5.32 Å². The van der Waals surface area contributed by atoms with E-state index < -0.39 is 29.1 Å². The first kappa shape index (κ1) is 18.4. The second kappa shape index (κ2) is 6.72. The molecule has 1 unspecified atom stereocenters. The van der Waals surface area contributed by atoms with Crippen molar-refractivity contribution in [2.75, 3.05) is 0 Å². The first-order valence-electron chi connectivity index (χ1n) is 6.64. The second-order valence-electron chi connectivity index (χ2n) is 6.40. The Labute approximate surface area is 119 Å². The van der Waals surface area contributed by atoms with Gasteiger partial charge in [0.25, 0.3) is 0 Å². The normalized spacial score (nSPS) is 13.5. The van der Waals surface area contributed by atoms with Gasteiger partial charge in [-0.05, 0) is 27.2 Å². The minimum atomic E-state index is -1.27. The third-order valence-electron chi connectivity index (χ3n) is 3.02. The molecule has 1 atom stereocenters. The molecule has 0 aliphatic heterocycles. The van der Waals surface area contributed by atoms with E-state index >= 15 is 0 Å². The molecule has 6 nitrogen and oxygen atoms in total. The standard InChI is InChI=1S/C14H25NO5/c1-7-14(5,6)10(16)8-9(11(17)18)15-12(19)20-13(2,3)4/h9H,7-8H2,1-6H3,(H,15,19)(H,17,18). The van der Waals surface area contributed by atoms with Crippen LogP contribution in [0.5, 0.6) is 0 Å². The van der Waals surface area contributed by atoms with Crippen LogP contribution in [0.15, 0.2) is 0 Å². The number of Topliss-reactive ketones (excluding diaryl/α,β-unsaturated/α-hetero) is 1. The smallest absolute Gasteiger partial charge is 0.408 e. The molecule has 6 heteroatoms. The van der Waals surface area contributed by atoms with Crippen molar-refractivity contribution in [3.05, 3.63) is 0 Å². The number of carbonyl (C=O) groups excluding carboxylic acids is 2. The van der Waals surface area contributed by atoms with E-state index in [2.05, 4.69) is 5.32 Å².